The molecule has 2 saturated heterocycles. The fourth-order valence-electron chi connectivity index (χ4n) is 3.10. The molecule has 2 aliphatic heterocycles. The normalized spacial score (nSPS) is 36.0. The Hall–Kier alpha value is -1.50. The Bertz CT molecular complexity index is 422. The van der Waals surface area contributed by atoms with Gasteiger partial charge < -0.3 is 9.80 Å². The highest BCUT2D eigenvalue weighted by molar-refractivity contribution is 5.87. The molecule has 2 bridgehead atoms. The molecule has 4 heteroatoms. The van der Waals surface area contributed by atoms with Gasteiger partial charge in [0.05, 0.1) is 12.0 Å². The van der Waals surface area contributed by atoms with Gasteiger partial charge >= 0.3 is 0 Å². The van der Waals surface area contributed by atoms with E-state index in [4.69, 9.17) is 6.42 Å². The van der Waals surface area contributed by atoms with Crippen molar-refractivity contribution in [1.29, 1.82) is 0 Å². The number of hydrogen-bond acceptors (Lipinski definition) is 2. The van der Waals surface area contributed by atoms with Gasteiger partial charge in [0.15, 0.2) is 0 Å². The van der Waals surface area contributed by atoms with Crippen LogP contribution in [0.2, 0.25) is 0 Å². The first-order valence-electron chi connectivity index (χ1n) is 6.16. The number of likely N-dealkylation sites (N-methyl/N-ethyl adjacent to an activating group) is 1. The second-order valence-electron chi connectivity index (χ2n) is 5.35. The first kappa shape index (κ1) is 10.6. The number of carbonyl (C=O) groups excluding carboxylic acids is 2. The molecule has 0 spiro atoms. The van der Waals surface area contributed by atoms with Crippen molar-refractivity contribution in [3.8, 4) is 12.3 Å². The van der Waals surface area contributed by atoms with E-state index >= 15 is 0 Å². The molecule has 90 valence electrons. The van der Waals surface area contributed by atoms with Gasteiger partial charge in [0.2, 0.25) is 11.8 Å². The van der Waals surface area contributed by atoms with Crippen molar-refractivity contribution >= 4 is 11.8 Å². The topological polar surface area (TPSA) is 40.6 Å². The number of terminal acetylenes is 1. The summed E-state index contributed by atoms with van der Waals surface area (Å²) in [5, 5.41) is 0. The molecule has 1 aliphatic carbocycles. The molecule has 0 aromatic carbocycles. The highest BCUT2D eigenvalue weighted by atomic mass is 16.2. The van der Waals surface area contributed by atoms with E-state index in [9.17, 15) is 9.59 Å². The summed E-state index contributed by atoms with van der Waals surface area (Å²) in [6.45, 7) is 0.631. The largest absolute Gasteiger partial charge is 0.343 e. The van der Waals surface area contributed by atoms with Gasteiger partial charge in [0, 0.05) is 19.5 Å². The van der Waals surface area contributed by atoms with Crippen molar-refractivity contribution in [2.24, 2.45) is 11.8 Å². The van der Waals surface area contributed by atoms with Gasteiger partial charge in [-0.1, -0.05) is 5.92 Å². The summed E-state index contributed by atoms with van der Waals surface area (Å²) in [6.07, 6.45) is 8.24. The highest BCUT2D eigenvalue weighted by Crippen LogP contribution is 2.40. The van der Waals surface area contributed by atoms with E-state index in [1.54, 1.807) is 11.9 Å². The number of amides is 2. The van der Waals surface area contributed by atoms with Crippen molar-refractivity contribution in [2.75, 3.05) is 13.6 Å². The number of carbonyl (C=O) groups is 2. The lowest BCUT2D eigenvalue weighted by molar-refractivity contribution is -0.136. The molecular weight excluding hydrogens is 216 g/mol. The predicted octanol–water partition coefficient (Wildman–Crippen LogP) is 0.0873. The Morgan fingerprint density at radius 2 is 2.18 bits per heavy atom. The fraction of sp³-hybridized carbons (Fsp3) is 0.692. The summed E-state index contributed by atoms with van der Waals surface area (Å²) in [7, 11) is 1.79. The lowest BCUT2D eigenvalue weighted by atomic mass is 9.94. The molecule has 1 saturated carbocycles. The molecule has 3 unspecified atom stereocenters. The highest BCUT2D eigenvalue weighted by Gasteiger charge is 2.52. The van der Waals surface area contributed by atoms with E-state index in [0.717, 1.165) is 19.3 Å². The monoisotopic (exact) mass is 232 g/mol. The quantitative estimate of drug-likeness (QED) is 0.601. The average molecular weight is 232 g/mol. The van der Waals surface area contributed by atoms with E-state index in [-0.39, 0.29) is 35.7 Å². The van der Waals surface area contributed by atoms with E-state index in [1.165, 1.54) is 0 Å². The third-order valence-electron chi connectivity index (χ3n) is 4.13. The maximum Gasteiger partial charge on any atom is 0.228 e. The number of fused-ring (bicyclic) bond motifs is 2. The number of rotatable bonds is 1. The SMILES string of the molecule is C#CC1C2CC(CN(C)C2=O)N1C(=O)C1CC1. The third-order valence-corrected chi connectivity index (χ3v) is 4.13. The Labute approximate surface area is 101 Å². The van der Waals surface area contributed by atoms with E-state index in [1.807, 2.05) is 4.90 Å². The molecule has 3 atom stereocenters. The van der Waals surface area contributed by atoms with Gasteiger partial charge in [-0.2, -0.15) is 0 Å². The maximum absolute atomic E-state index is 12.2. The third kappa shape index (κ3) is 1.45. The van der Waals surface area contributed by atoms with Crippen LogP contribution in [0.1, 0.15) is 19.3 Å². The Morgan fingerprint density at radius 3 is 2.76 bits per heavy atom. The van der Waals surface area contributed by atoms with Gasteiger partial charge in [-0.05, 0) is 19.3 Å². The van der Waals surface area contributed by atoms with Crippen molar-refractivity contribution in [2.45, 2.75) is 31.3 Å². The molecule has 3 fully saturated rings. The molecule has 17 heavy (non-hydrogen) atoms. The molecule has 0 radical (unpaired) electrons. The Balaban J connectivity index is 1.91. The summed E-state index contributed by atoms with van der Waals surface area (Å²) < 4.78 is 0. The first-order chi connectivity index (χ1) is 8.13. The minimum Gasteiger partial charge on any atom is -0.343 e. The van der Waals surface area contributed by atoms with Gasteiger partial charge in [0.25, 0.3) is 0 Å². The van der Waals surface area contributed by atoms with Crippen LogP contribution in [0.5, 0.6) is 0 Å². The second-order valence-corrected chi connectivity index (χ2v) is 5.35. The summed E-state index contributed by atoms with van der Waals surface area (Å²) in [6, 6.07) is -0.178. The number of nitrogens with zero attached hydrogens (tertiary/aromatic N) is 2. The zero-order valence-corrected chi connectivity index (χ0v) is 9.93. The summed E-state index contributed by atoms with van der Waals surface area (Å²) in [5.41, 5.74) is 0. The lowest BCUT2D eigenvalue weighted by Crippen LogP contribution is -2.45. The van der Waals surface area contributed by atoms with Gasteiger partial charge in [-0.3, -0.25) is 9.59 Å². The smallest absolute Gasteiger partial charge is 0.228 e. The van der Waals surface area contributed by atoms with E-state index in [2.05, 4.69) is 5.92 Å². The zero-order chi connectivity index (χ0) is 12.2. The maximum atomic E-state index is 12.2. The fourth-order valence-corrected chi connectivity index (χ4v) is 3.10. The molecule has 0 aromatic rings. The summed E-state index contributed by atoms with van der Waals surface area (Å²) in [4.78, 5) is 27.8. The van der Waals surface area contributed by atoms with Crippen LogP contribution in [0, 0.1) is 24.2 Å². The summed E-state index contributed by atoms with van der Waals surface area (Å²) >= 11 is 0. The van der Waals surface area contributed by atoms with Crippen LogP contribution in [-0.2, 0) is 9.59 Å². The molecule has 3 rings (SSSR count). The van der Waals surface area contributed by atoms with Gasteiger partial charge in [-0.25, -0.2) is 0 Å². The Kier molecular flexibility index (Phi) is 2.19. The van der Waals surface area contributed by atoms with E-state index in [0.29, 0.717) is 6.54 Å². The molecule has 4 nitrogen and oxygen atoms in total. The second kappa shape index (κ2) is 3.49. The van der Waals surface area contributed by atoms with E-state index < -0.39 is 0 Å². The van der Waals surface area contributed by atoms with Crippen LogP contribution >= 0.6 is 0 Å². The molecule has 0 N–H and O–H groups in total. The first-order valence-corrected chi connectivity index (χ1v) is 6.16. The average Bonchev–Trinajstić information content (AvgIpc) is 3.09. The van der Waals surface area contributed by atoms with Crippen molar-refractivity contribution < 1.29 is 9.59 Å². The molecular formula is C13H16N2O2. The van der Waals surface area contributed by atoms with Crippen molar-refractivity contribution in [1.82, 2.24) is 9.80 Å². The number of likely N-dealkylation sites (tertiary alicyclic amines) is 2. The minimum absolute atomic E-state index is 0.0929. The van der Waals surface area contributed by atoms with Crippen LogP contribution in [0.15, 0.2) is 0 Å². The molecule has 0 aromatic heterocycles. The lowest BCUT2D eigenvalue weighted by Gasteiger charge is -2.30. The van der Waals surface area contributed by atoms with Crippen molar-refractivity contribution in [3.63, 3.8) is 0 Å². The Morgan fingerprint density at radius 1 is 1.47 bits per heavy atom. The molecule has 3 aliphatic rings. The molecule has 2 heterocycles. The van der Waals surface area contributed by atoms with Gasteiger partial charge in [-0.15, -0.1) is 6.42 Å². The van der Waals surface area contributed by atoms with Crippen LogP contribution in [0.25, 0.3) is 0 Å². The van der Waals surface area contributed by atoms with Crippen LogP contribution in [-0.4, -0.2) is 47.3 Å². The van der Waals surface area contributed by atoms with Crippen LogP contribution in [0.4, 0.5) is 0 Å². The minimum atomic E-state index is -0.314. The number of hydrogen-bond donors (Lipinski definition) is 0. The zero-order valence-electron chi connectivity index (χ0n) is 9.93. The standard InChI is InChI=1S/C13H16N2O2/c1-3-11-10-6-9(7-14(2)13(10)17)15(11)12(16)8-4-5-8/h1,8-11H,4-7H2,2H3. The molecule has 2 amide bonds. The van der Waals surface area contributed by atoms with Crippen LogP contribution in [0.3, 0.4) is 0 Å². The number of piperidine rings is 1. The predicted molar refractivity (Wildman–Crippen MR) is 61.7 cm³/mol. The summed E-state index contributed by atoms with van der Waals surface area (Å²) in [5.74, 6) is 2.92. The van der Waals surface area contributed by atoms with Gasteiger partial charge in [0.1, 0.15) is 6.04 Å². The van der Waals surface area contributed by atoms with Crippen molar-refractivity contribution in [3.05, 3.63) is 0 Å². The van der Waals surface area contributed by atoms with Crippen LogP contribution < -0.4 is 0 Å².